The number of anilines is 1. The Bertz CT molecular complexity index is 722. The first-order valence-corrected chi connectivity index (χ1v) is 8.30. The third kappa shape index (κ3) is 2.81. The van der Waals surface area contributed by atoms with Gasteiger partial charge in [0, 0.05) is 19.1 Å². The summed E-state index contributed by atoms with van der Waals surface area (Å²) in [4.78, 5) is 18.6. The van der Waals surface area contributed by atoms with Crippen LogP contribution in [0.1, 0.15) is 31.5 Å². The van der Waals surface area contributed by atoms with Crippen molar-refractivity contribution in [3.8, 4) is 0 Å². The maximum absolute atomic E-state index is 13.1. The second-order valence-corrected chi connectivity index (χ2v) is 6.47. The number of hydrogen-bond donors (Lipinski definition) is 1. The van der Waals surface area contributed by atoms with Crippen LogP contribution >= 0.6 is 0 Å². The van der Waals surface area contributed by atoms with Crippen molar-refractivity contribution in [1.82, 2.24) is 24.8 Å². The molecule has 2 saturated heterocycles. The van der Waals surface area contributed by atoms with Crippen molar-refractivity contribution >= 4 is 17.0 Å². The lowest BCUT2D eigenvalue weighted by Crippen LogP contribution is -2.40. The molecule has 2 aromatic heterocycles. The van der Waals surface area contributed by atoms with Crippen LogP contribution in [0.5, 0.6) is 0 Å². The summed E-state index contributed by atoms with van der Waals surface area (Å²) < 4.78 is 39.4. The van der Waals surface area contributed by atoms with Gasteiger partial charge < -0.3 is 14.8 Å². The van der Waals surface area contributed by atoms with Crippen molar-refractivity contribution < 1.29 is 13.2 Å². The molecule has 2 aromatic rings. The molecule has 4 rings (SSSR count). The fourth-order valence-electron chi connectivity index (χ4n) is 3.72. The van der Waals surface area contributed by atoms with Crippen molar-refractivity contribution in [2.75, 3.05) is 31.1 Å². The predicted molar refractivity (Wildman–Crippen MR) is 82.7 cm³/mol. The molecule has 130 valence electrons. The van der Waals surface area contributed by atoms with Gasteiger partial charge in [-0.1, -0.05) is 0 Å². The summed E-state index contributed by atoms with van der Waals surface area (Å²) in [6, 6.07) is 0.186. The SMILES string of the molecule is FC(F)(F)c1nc(N2CCCC2CN2CCCC2)c2[nH]cnc2n1. The molecule has 0 amide bonds. The Morgan fingerprint density at radius 1 is 1.12 bits per heavy atom. The van der Waals surface area contributed by atoms with Gasteiger partial charge in [0.05, 0.1) is 6.33 Å². The van der Waals surface area contributed by atoms with Gasteiger partial charge in [0.2, 0.25) is 5.82 Å². The number of nitrogens with zero attached hydrogens (tertiary/aromatic N) is 5. The van der Waals surface area contributed by atoms with E-state index in [4.69, 9.17) is 0 Å². The number of halogens is 3. The van der Waals surface area contributed by atoms with Crippen molar-refractivity contribution in [1.29, 1.82) is 0 Å². The fraction of sp³-hybridized carbons (Fsp3) is 0.667. The molecule has 1 N–H and O–H groups in total. The Hall–Kier alpha value is -1.90. The largest absolute Gasteiger partial charge is 0.451 e. The lowest BCUT2D eigenvalue weighted by molar-refractivity contribution is -0.144. The van der Waals surface area contributed by atoms with Gasteiger partial charge >= 0.3 is 6.18 Å². The molecule has 9 heteroatoms. The molecule has 1 atom stereocenters. The summed E-state index contributed by atoms with van der Waals surface area (Å²) in [7, 11) is 0. The minimum atomic E-state index is -4.58. The first-order chi connectivity index (χ1) is 11.5. The van der Waals surface area contributed by atoms with Gasteiger partial charge in [-0.05, 0) is 38.8 Å². The van der Waals surface area contributed by atoms with Crippen LogP contribution in [0.25, 0.3) is 11.2 Å². The third-order valence-corrected chi connectivity index (χ3v) is 4.84. The first kappa shape index (κ1) is 15.6. The van der Waals surface area contributed by atoms with Gasteiger partial charge in [-0.2, -0.15) is 13.2 Å². The molecular weight excluding hydrogens is 321 g/mol. The fourth-order valence-corrected chi connectivity index (χ4v) is 3.72. The van der Waals surface area contributed by atoms with E-state index in [0.29, 0.717) is 17.9 Å². The summed E-state index contributed by atoms with van der Waals surface area (Å²) in [5.74, 6) is -0.796. The van der Waals surface area contributed by atoms with E-state index in [0.717, 1.165) is 32.5 Å². The number of hydrogen-bond acceptors (Lipinski definition) is 5. The van der Waals surface area contributed by atoms with Gasteiger partial charge in [-0.15, -0.1) is 0 Å². The zero-order valence-corrected chi connectivity index (χ0v) is 13.2. The highest BCUT2D eigenvalue weighted by Crippen LogP contribution is 2.33. The number of nitrogens with one attached hydrogen (secondary N) is 1. The molecule has 2 fully saturated rings. The minimum absolute atomic E-state index is 0.0687. The van der Waals surface area contributed by atoms with Gasteiger partial charge in [0.15, 0.2) is 11.5 Å². The zero-order chi connectivity index (χ0) is 16.7. The van der Waals surface area contributed by atoms with Crippen LogP contribution in [0, 0.1) is 0 Å². The maximum Gasteiger partial charge on any atom is 0.451 e. The number of H-pyrrole nitrogens is 1. The number of aromatic nitrogens is 4. The standard InChI is InChI=1S/C15H19F3N6/c16-15(17,18)14-21-12-11(19-9-20-12)13(22-14)24-7-3-4-10(24)8-23-5-1-2-6-23/h9-10H,1-8H2,(H,19,20,21,22). The molecule has 0 spiro atoms. The monoisotopic (exact) mass is 340 g/mol. The predicted octanol–water partition coefficient (Wildman–Crippen LogP) is 2.44. The summed E-state index contributed by atoms with van der Waals surface area (Å²) >= 11 is 0. The van der Waals surface area contributed by atoms with Crippen molar-refractivity contribution in [2.24, 2.45) is 0 Å². The maximum atomic E-state index is 13.1. The Kier molecular flexibility index (Phi) is 3.82. The second kappa shape index (κ2) is 5.87. The average molecular weight is 340 g/mol. The summed E-state index contributed by atoms with van der Waals surface area (Å²) in [5, 5.41) is 0. The minimum Gasteiger partial charge on any atom is -0.350 e. The summed E-state index contributed by atoms with van der Waals surface area (Å²) in [5.41, 5.74) is 0.551. The lowest BCUT2D eigenvalue weighted by atomic mass is 10.2. The van der Waals surface area contributed by atoms with E-state index in [1.54, 1.807) is 0 Å². The Labute approximate surface area is 137 Å². The van der Waals surface area contributed by atoms with Crippen LogP contribution in [0.15, 0.2) is 6.33 Å². The van der Waals surface area contributed by atoms with Crippen molar-refractivity contribution in [2.45, 2.75) is 37.9 Å². The van der Waals surface area contributed by atoms with Crippen LogP contribution in [0.3, 0.4) is 0 Å². The van der Waals surface area contributed by atoms with E-state index in [1.165, 1.54) is 19.2 Å². The van der Waals surface area contributed by atoms with Crippen LogP contribution in [-0.4, -0.2) is 57.1 Å². The number of alkyl halides is 3. The molecule has 2 aliphatic heterocycles. The van der Waals surface area contributed by atoms with E-state index in [1.807, 2.05) is 4.90 Å². The van der Waals surface area contributed by atoms with E-state index in [9.17, 15) is 13.2 Å². The smallest absolute Gasteiger partial charge is 0.350 e. The van der Waals surface area contributed by atoms with Gasteiger partial charge in [-0.25, -0.2) is 15.0 Å². The van der Waals surface area contributed by atoms with Gasteiger partial charge in [0.25, 0.3) is 0 Å². The first-order valence-electron chi connectivity index (χ1n) is 8.30. The molecule has 0 saturated carbocycles. The average Bonchev–Trinajstić information content (AvgIpc) is 3.27. The molecule has 1 unspecified atom stereocenters. The van der Waals surface area contributed by atoms with Crippen molar-refractivity contribution in [3.05, 3.63) is 12.2 Å². The van der Waals surface area contributed by atoms with E-state index >= 15 is 0 Å². The third-order valence-electron chi connectivity index (χ3n) is 4.84. The molecule has 0 aromatic carbocycles. The normalized spacial score (nSPS) is 22.8. The van der Waals surface area contributed by atoms with Gasteiger partial charge in [0.1, 0.15) is 5.52 Å². The van der Waals surface area contributed by atoms with Gasteiger partial charge in [-0.3, -0.25) is 0 Å². The zero-order valence-electron chi connectivity index (χ0n) is 13.2. The number of aromatic amines is 1. The Morgan fingerprint density at radius 3 is 2.67 bits per heavy atom. The number of rotatable bonds is 3. The number of fused-ring (bicyclic) bond motifs is 1. The Balaban J connectivity index is 1.69. The highest BCUT2D eigenvalue weighted by Gasteiger charge is 2.38. The van der Waals surface area contributed by atoms with Crippen LogP contribution in [0.4, 0.5) is 19.0 Å². The molecule has 0 aliphatic carbocycles. The summed E-state index contributed by atoms with van der Waals surface area (Å²) in [6.45, 7) is 3.73. The Morgan fingerprint density at radius 2 is 1.92 bits per heavy atom. The van der Waals surface area contributed by atoms with E-state index in [-0.39, 0.29) is 11.7 Å². The van der Waals surface area contributed by atoms with E-state index in [2.05, 4.69) is 24.8 Å². The molecule has 6 nitrogen and oxygen atoms in total. The highest BCUT2D eigenvalue weighted by atomic mass is 19.4. The highest BCUT2D eigenvalue weighted by molar-refractivity contribution is 5.83. The van der Waals surface area contributed by atoms with Crippen LogP contribution < -0.4 is 4.90 Å². The number of likely N-dealkylation sites (tertiary alicyclic amines) is 1. The van der Waals surface area contributed by atoms with E-state index < -0.39 is 12.0 Å². The molecule has 0 radical (unpaired) electrons. The second-order valence-electron chi connectivity index (χ2n) is 6.47. The van der Waals surface area contributed by atoms with Crippen LogP contribution in [-0.2, 0) is 6.18 Å². The molecular formula is C15H19F3N6. The molecule has 2 aliphatic rings. The van der Waals surface area contributed by atoms with Crippen LogP contribution in [0.2, 0.25) is 0 Å². The quantitative estimate of drug-likeness (QED) is 0.930. The molecule has 4 heterocycles. The van der Waals surface area contributed by atoms with Crippen molar-refractivity contribution in [3.63, 3.8) is 0 Å². The lowest BCUT2D eigenvalue weighted by Gasteiger charge is -2.29. The number of imidazole rings is 1. The topological polar surface area (TPSA) is 60.9 Å². The molecule has 0 bridgehead atoms. The summed E-state index contributed by atoms with van der Waals surface area (Å²) in [6.07, 6.45) is 1.12. The molecule has 24 heavy (non-hydrogen) atoms.